The van der Waals surface area contributed by atoms with Crippen molar-refractivity contribution in [3.63, 3.8) is 0 Å². The molecule has 1 aliphatic heterocycles. The van der Waals surface area contributed by atoms with Gasteiger partial charge in [0.1, 0.15) is 17.1 Å². The number of benzene rings is 2. The van der Waals surface area contributed by atoms with E-state index in [-0.39, 0.29) is 17.5 Å². The summed E-state index contributed by atoms with van der Waals surface area (Å²) in [5, 5.41) is 11.6. The van der Waals surface area contributed by atoms with Crippen LogP contribution in [0.15, 0.2) is 55.1 Å². The van der Waals surface area contributed by atoms with E-state index in [1.54, 1.807) is 22.9 Å². The first-order chi connectivity index (χ1) is 14.9. The lowest BCUT2D eigenvalue weighted by Crippen LogP contribution is -2.27. The van der Waals surface area contributed by atoms with Crippen molar-refractivity contribution in [2.24, 2.45) is 5.73 Å². The van der Waals surface area contributed by atoms with Crippen LogP contribution in [0.4, 0.5) is 11.5 Å². The van der Waals surface area contributed by atoms with Gasteiger partial charge in [-0.25, -0.2) is 4.68 Å². The first kappa shape index (κ1) is 21.0. The Labute approximate surface area is 188 Å². The fraction of sp³-hybridized carbons (Fsp3) is 0.136. The van der Waals surface area contributed by atoms with E-state index in [0.29, 0.717) is 45.8 Å². The maximum absolute atomic E-state index is 12.4. The molecule has 7 nitrogen and oxygen atoms in total. The number of aromatic nitrogens is 2. The van der Waals surface area contributed by atoms with E-state index < -0.39 is 5.91 Å². The van der Waals surface area contributed by atoms with Gasteiger partial charge in [0.15, 0.2) is 0 Å². The van der Waals surface area contributed by atoms with Gasteiger partial charge in [-0.1, -0.05) is 54.0 Å². The van der Waals surface area contributed by atoms with Gasteiger partial charge in [0.05, 0.1) is 16.1 Å². The van der Waals surface area contributed by atoms with Crippen molar-refractivity contribution in [1.29, 1.82) is 0 Å². The largest absolute Gasteiger partial charge is 0.369 e. The Bertz CT molecular complexity index is 1200. The molecule has 2 amide bonds. The van der Waals surface area contributed by atoms with E-state index in [4.69, 9.17) is 34.0 Å². The van der Waals surface area contributed by atoms with Crippen LogP contribution in [0.5, 0.6) is 0 Å². The Kier molecular flexibility index (Phi) is 5.71. The highest BCUT2D eigenvalue weighted by Gasteiger charge is 2.31. The zero-order valence-corrected chi connectivity index (χ0v) is 17.9. The van der Waals surface area contributed by atoms with Crippen molar-refractivity contribution in [3.05, 3.63) is 76.3 Å². The number of anilines is 2. The minimum Gasteiger partial charge on any atom is -0.369 e. The Morgan fingerprint density at radius 1 is 1.23 bits per heavy atom. The second-order valence-electron chi connectivity index (χ2n) is 7.02. The number of amides is 2. The average Bonchev–Trinajstić information content (AvgIpc) is 3.16. The molecule has 4 rings (SSSR count). The molecule has 0 fully saturated rings. The number of para-hydroxylation sites is 1. The average molecular weight is 456 g/mol. The molecule has 1 unspecified atom stereocenters. The van der Waals surface area contributed by atoms with Crippen LogP contribution in [0.3, 0.4) is 0 Å². The number of primary amides is 1. The van der Waals surface area contributed by atoms with Crippen molar-refractivity contribution in [3.8, 4) is 11.3 Å². The predicted octanol–water partition coefficient (Wildman–Crippen LogP) is 4.49. The van der Waals surface area contributed by atoms with Crippen LogP contribution in [0.1, 0.15) is 28.4 Å². The molecule has 0 aliphatic carbocycles. The van der Waals surface area contributed by atoms with Gasteiger partial charge >= 0.3 is 0 Å². The number of hydrogen-bond acceptors (Lipinski definition) is 4. The van der Waals surface area contributed by atoms with Crippen molar-refractivity contribution >= 4 is 46.5 Å². The van der Waals surface area contributed by atoms with Gasteiger partial charge in [-0.2, -0.15) is 5.10 Å². The summed E-state index contributed by atoms with van der Waals surface area (Å²) in [6.07, 6.45) is 1.90. The SMILES string of the molecule is C=CC(=O)Nc1ccccc1C1CCNc2c(C(N)=O)c(-c3ccc(Cl)c(Cl)c3)nn21. The Balaban J connectivity index is 1.87. The summed E-state index contributed by atoms with van der Waals surface area (Å²) in [6.45, 7) is 4.10. The molecule has 31 heavy (non-hydrogen) atoms. The molecule has 158 valence electrons. The van der Waals surface area contributed by atoms with Crippen LogP contribution in [0.2, 0.25) is 10.0 Å². The van der Waals surface area contributed by atoms with Gasteiger partial charge < -0.3 is 16.4 Å². The molecule has 1 atom stereocenters. The number of rotatable bonds is 5. The van der Waals surface area contributed by atoms with Crippen molar-refractivity contribution in [2.75, 3.05) is 17.2 Å². The van der Waals surface area contributed by atoms with Crippen LogP contribution in [0, 0.1) is 0 Å². The van der Waals surface area contributed by atoms with E-state index in [1.807, 2.05) is 24.3 Å². The molecule has 0 saturated carbocycles. The number of carbonyl (C=O) groups excluding carboxylic acids is 2. The first-order valence-electron chi connectivity index (χ1n) is 9.54. The van der Waals surface area contributed by atoms with Crippen LogP contribution < -0.4 is 16.4 Å². The summed E-state index contributed by atoms with van der Waals surface area (Å²) in [5.74, 6) is -0.394. The van der Waals surface area contributed by atoms with Gasteiger partial charge in [0, 0.05) is 23.4 Å². The fourth-order valence-corrected chi connectivity index (χ4v) is 4.03. The molecule has 3 aromatic rings. The Hall–Kier alpha value is -3.29. The molecule has 4 N–H and O–H groups in total. The van der Waals surface area contributed by atoms with E-state index in [0.717, 1.165) is 5.56 Å². The first-order valence-corrected chi connectivity index (χ1v) is 10.3. The van der Waals surface area contributed by atoms with E-state index in [9.17, 15) is 9.59 Å². The highest BCUT2D eigenvalue weighted by molar-refractivity contribution is 6.42. The number of nitrogens with two attached hydrogens (primary N) is 1. The van der Waals surface area contributed by atoms with E-state index >= 15 is 0 Å². The second kappa shape index (κ2) is 8.45. The molecule has 2 heterocycles. The lowest BCUT2D eigenvalue weighted by atomic mass is 9.99. The van der Waals surface area contributed by atoms with Gasteiger partial charge in [0.2, 0.25) is 5.91 Å². The maximum Gasteiger partial charge on any atom is 0.254 e. The molecular weight excluding hydrogens is 437 g/mol. The zero-order valence-electron chi connectivity index (χ0n) is 16.4. The summed E-state index contributed by atoms with van der Waals surface area (Å²) in [5.41, 5.74) is 8.55. The van der Waals surface area contributed by atoms with Crippen molar-refractivity contribution in [2.45, 2.75) is 12.5 Å². The number of carbonyl (C=O) groups is 2. The fourth-order valence-electron chi connectivity index (χ4n) is 3.73. The number of hydrogen-bond donors (Lipinski definition) is 3. The molecule has 0 saturated heterocycles. The molecule has 0 spiro atoms. The standard InChI is InChI=1S/C22H19Cl2N5O2/c1-2-18(30)27-16-6-4-3-5-13(16)17-9-10-26-22-19(21(25)31)20(28-29(17)22)12-7-8-14(23)15(24)11-12/h2-8,11,17,26H,1,9-10H2,(H2,25,31)(H,27,30). The van der Waals surface area contributed by atoms with E-state index in [2.05, 4.69) is 17.2 Å². The van der Waals surface area contributed by atoms with E-state index in [1.165, 1.54) is 6.08 Å². The van der Waals surface area contributed by atoms with Crippen LogP contribution in [-0.4, -0.2) is 28.1 Å². The highest BCUT2D eigenvalue weighted by Crippen LogP contribution is 2.39. The summed E-state index contributed by atoms with van der Waals surface area (Å²) in [6, 6.07) is 12.3. The predicted molar refractivity (Wildman–Crippen MR) is 123 cm³/mol. The van der Waals surface area contributed by atoms with Gasteiger partial charge in [-0.05, 0) is 30.7 Å². The summed E-state index contributed by atoms with van der Waals surface area (Å²) in [4.78, 5) is 24.3. The van der Waals surface area contributed by atoms with Crippen LogP contribution in [-0.2, 0) is 4.79 Å². The third kappa shape index (κ3) is 3.89. The smallest absolute Gasteiger partial charge is 0.254 e. The summed E-state index contributed by atoms with van der Waals surface area (Å²) >= 11 is 12.2. The highest BCUT2D eigenvalue weighted by atomic mass is 35.5. The number of nitrogens with one attached hydrogen (secondary N) is 2. The normalized spacial score (nSPS) is 15.0. The molecule has 9 heteroatoms. The number of halogens is 2. The molecular formula is C22H19Cl2N5O2. The Morgan fingerprint density at radius 2 is 2.00 bits per heavy atom. The quantitative estimate of drug-likeness (QED) is 0.493. The number of fused-ring (bicyclic) bond motifs is 1. The molecule has 0 radical (unpaired) electrons. The van der Waals surface area contributed by atoms with Gasteiger partial charge in [-0.3, -0.25) is 9.59 Å². The molecule has 1 aromatic heterocycles. The molecule has 1 aliphatic rings. The third-order valence-corrected chi connectivity index (χ3v) is 5.86. The zero-order chi connectivity index (χ0) is 22.1. The van der Waals surface area contributed by atoms with Crippen LogP contribution >= 0.6 is 23.2 Å². The second-order valence-corrected chi connectivity index (χ2v) is 7.84. The maximum atomic E-state index is 12.4. The van der Waals surface area contributed by atoms with Gasteiger partial charge in [-0.15, -0.1) is 0 Å². The van der Waals surface area contributed by atoms with Crippen molar-refractivity contribution in [1.82, 2.24) is 9.78 Å². The van der Waals surface area contributed by atoms with Crippen molar-refractivity contribution < 1.29 is 9.59 Å². The topological polar surface area (TPSA) is 102 Å². The molecule has 0 bridgehead atoms. The monoisotopic (exact) mass is 455 g/mol. The lowest BCUT2D eigenvalue weighted by Gasteiger charge is -2.28. The summed E-state index contributed by atoms with van der Waals surface area (Å²) < 4.78 is 1.74. The lowest BCUT2D eigenvalue weighted by molar-refractivity contribution is -0.111. The van der Waals surface area contributed by atoms with Crippen LogP contribution in [0.25, 0.3) is 11.3 Å². The Morgan fingerprint density at radius 3 is 2.71 bits per heavy atom. The number of nitrogens with zero attached hydrogens (tertiary/aromatic N) is 2. The summed E-state index contributed by atoms with van der Waals surface area (Å²) in [7, 11) is 0. The minimum absolute atomic E-state index is 0.229. The molecule has 2 aromatic carbocycles. The third-order valence-electron chi connectivity index (χ3n) is 5.12. The van der Waals surface area contributed by atoms with Gasteiger partial charge in [0.25, 0.3) is 5.91 Å². The minimum atomic E-state index is -0.608.